The van der Waals surface area contributed by atoms with Crippen molar-refractivity contribution in [2.45, 2.75) is 32.0 Å². The van der Waals surface area contributed by atoms with Gasteiger partial charge in [-0.2, -0.15) is 0 Å². The highest BCUT2D eigenvalue weighted by Gasteiger charge is 2.12. The van der Waals surface area contributed by atoms with Gasteiger partial charge in [-0.15, -0.1) is 0 Å². The highest BCUT2D eigenvalue weighted by Crippen LogP contribution is 2.22. The third-order valence-corrected chi connectivity index (χ3v) is 3.93. The molecular weight excluding hydrogens is 276 g/mol. The molecule has 22 heavy (non-hydrogen) atoms. The summed E-state index contributed by atoms with van der Waals surface area (Å²) in [4.78, 5) is 0. The predicted octanol–water partition coefficient (Wildman–Crippen LogP) is 4.45. The van der Waals surface area contributed by atoms with Gasteiger partial charge in [-0.3, -0.25) is 0 Å². The third-order valence-electron chi connectivity index (χ3n) is 3.93. The van der Waals surface area contributed by atoms with Gasteiger partial charge in [-0.1, -0.05) is 24.3 Å². The molecule has 1 aliphatic rings. The van der Waals surface area contributed by atoms with Crippen LogP contribution in [0.1, 0.15) is 24.8 Å². The second-order valence-corrected chi connectivity index (χ2v) is 5.56. The van der Waals surface area contributed by atoms with Gasteiger partial charge in [-0.05, 0) is 53.8 Å². The molecule has 3 heteroatoms. The average Bonchev–Trinajstić information content (AvgIpc) is 2.59. The highest BCUT2D eigenvalue weighted by molar-refractivity contribution is 5.84. The van der Waals surface area contributed by atoms with Crippen LogP contribution in [-0.4, -0.2) is 20.0 Å². The molecule has 0 aliphatic carbocycles. The van der Waals surface area contributed by atoms with E-state index in [2.05, 4.69) is 30.3 Å². The van der Waals surface area contributed by atoms with Crippen LogP contribution >= 0.6 is 0 Å². The lowest BCUT2D eigenvalue weighted by atomic mass is 10.0. The van der Waals surface area contributed by atoms with Gasteiger partial charge in [0.25, 0.3) is 0 Å². The first-order chi connectivity index (χ1) is 10.8. The number of hydrogen-bond acceptors (Lipinski definition) is 3. The van der Waals surface area contributed by atoms with Crippen molar-refractivity contribution in [3.05, 3.63) is 54.3 Å². The van der Waals surface area contributed by atoms with Gasteiger partial charge in [0, 0.05) is 6.42 Å². The summed E-state index contributed by atoms with van der Waals surface area (Å²) in [5.74, 6) is 0.890. The minimum Gasteiger partial charge on any atom is -0.497 e. The second kappa shape index (κ2) is 7.32. The smallest absolute Gasteiger partial charge is 0.198 e. The van der Waals surface area contributed by atoms with Crippen molar-refractivity contribution in [3.8, 4) is 5.75 Å². The van der Waals surface area contributed by atoms with Gasteiger partial charge in [-0.25, -0.2) is 0 Å². The van der Waals surface area contributed by atoms with Gasteiger partial charge >= 0.3 is 0 Å². The Morgan fingerprint density at radius 3 is 2.82 bits per heavy atom. The Labute approximate surface area is 131 Å². The third kappa shape index (κ3) is 3.80. The zero-order valence-electron chi connectivity index (χ0n) is 13.0. The number of methoxy groups -OCH3 is 1. The van der Waals surface area contributed by atoms with Gasteiger partial charge in [0.15, 0.2) is 6.29 Å². The standard InChI is InChI=1S/C19H22O3/c1-20-18-10-9-16-13-15(7-8-17(16)14-18)5-4-12-22-19-6-2-3-11-21-19/h4,7-10,12-14,19H,2-3,5-6,11H2,1H3/b12-4+. The first-order valence-corrected chi connectivity index (χ1v) is 7.84. The molecule has 1 saturated heterocycles. The van der Waals surface area contributed by atoms with E-state index in [1.54, 1.807) is 13.4 Å². The maximum absolute atomic E-state index is 5.60. The maximum atomic E-state index is 5.60. The van der Waals surface area contributed by atoms with Crippen molar-refractivity contribution in [1.82, 2.24) is 0 Å². The molecule has 0 radical (unpaired) electrons. The van der Waals surface area contributed by atoms with Gasteiger partial charge < -0.3 is 14.2 Å². The van der Waals surface area contributed by atoms with Crippen molar-refractivity contribution < 1.29 is 14.2 Å². The summed E-state index contributed by atoms with van der Waals surface area (Å²) < 4.78 is 16.4. The fraction of sp³-hybridized carbons (Fsp3) is 0.368. The molecule has 1 aliphatic heterocycles. The Kier molecular flexibility index (Phi) is 4.96. The molecule has 0 spiro atoms. The molecular formula is C19H22O3. The number of hydrogen-bond donors (Lipinski definition) is 0. The van der Waals surface area contributed by atoms with Gasteiger partial charge in [0.05, 0.1) is 20.0 Å². The maximum Gasteiger partial charge on any atom is 0.198 e. The Bertz CT molecular complexity index is 642. The summed E-state index contributed by atoms with van der Waals surface area (Å²) in [5, 5.41) is 2.42. The van der Waals surface area contributed by atoms with Crippen molar-refractivity contribution in [2.75, 3.05) is 13.7 Å². The molecule has 3 nitrogen and oxygen atoms in total. The zero-order valence-corrected chi connectivity index (χ0v) is 13.0. The van der Waals surface area contributed by atoms with Crippen LogP contribution in [0.5, 0.6) is 5.75 Å². The number of ether oxygens (including phenoxy) is 3. The molecule has 0 amide bonds. The number of allylic oxidation sites excluding steroid dienone is 1. The SMILES string of the molecule is COc1ccc2cc(C/C=C/OC3CCCCO3)ccc2c1. The first-order valence-electron chi connectivity index (χ1n) is 7.84. The molecule has 3 rings (SSSR count). The minimum absolute atomic E-state index is 0.0610. The summed E-state index contributed by atoms with van der Waals surface area (Å²) in [6, 6.07) is 12.6. The fourth-order valence-corrected chi connectivity index (χ4v) is 2.67. The molecule has 0 N–H and O–H groups in total. The van der Waals surface area contributed by atoms with E-state index in [-0.39, 0.29) is 6.29 Å². The largest absolute Gasteiger partial charge is 0.497 e. The van der Waals surface area contributed by atoms with E-state index < -0.39 is 0 Å². The number of rotatable bonds is 5. The van der Waals surface area contributed by atoms with Crippen molar-refractivity contribution in [2.24, 2.45) is 0 Å². The monoisotopic (exact) mass is 298 g/mol. The topological polar surface area (TPSA) is 27.7 Å². The number of benzene rings is 2. The van der Waals surface area contributed by atoms with Crippen LogP contribution in [0, 0.1) is 0 Å². The molecule has 116 valence electrons. The minimum atomic E-state index is -0.0610. The van der Waals surface area contributed by atoms with Crippen LogP contribution in [0.3, 0.4) is 0 Å². The van der Waals surface area contributed by atoms with Crippen LogP contribution in [0.25, 0.3) is 10.8 Å². The molecule has 0 aromatic heterocycles. The van der Waals surface area contributed by atoms with Crippen LogP contribution in [0.2, 0.25) is 0 Å². The molecule has 0 saturated carbocycles. The zero-order chi connectivity index (χ0) is 15.2. The average molecular weight is 298 g/mol. The van der Waals surface area contributed by atoms with Crippen LogP contribution in [0.4, 0.5) is 0 Å². The van der Waals surface area contributed by atoms with Crippen LogP contribution < -0.4 is 4.74 Å². The van der Waals surface area contributed by atoms with E-state index in [4.69, 9.17) is 14.2 Å². The summed E-state index contributed by atoms with van der Waals surface area (Å²) >= 11 is 0. The van der Waals surface area contributed by atoms with E-state index >= 15 is 0 Å². The summed E-state index contributed by atoms with van der Waals surface area (Å²) in [6.07, 6.45) is 7.93. The fourth-order valence-electron chi connectivity index (χ4n) is 2.67. The van der Waals surface area contributed by atoms with E-state index in [0.29, 0.717) is 0 Å². The molecule has 1 fully saturated rings. The Morgan fingerprint density at radius 2 is 2.00 bits per heavy atom. The lowest BCUT2D eigenvalue weighted by molar-refractivity contribution is -0.129. The van der Waals surface area contributed by atoms with E-state index in [1.807, 2.05) is 12.1 Å². The summed E-state index contributed by atoms with van der Waals surface area (Å²) in [7, 11) is 1.69. The summed E-state index contributed by atoms with van der Waals surface area (Å²) in [5.41, 5.74) is 1.27. The van der Waals surface area contributed by atoms with Crippen LogP contribution in [-0.2, 0) is 15.9 Å². The first kappa shape index (κ1) is 14.9. The predicted molar refractivity (Wildman–Crippen MR) is 88.0 cm³/mol. The summed E-state index contributed by atoms with van der Waals surface area (Å²) in [6.45, 7) is 0.812. The Morgan fingerprint density at radius 1 is 1.14 bits per heavy atom. The normalized spacial score (nSPS) is 18.7. The molecule has 1 heterocycles. The molecule has 2 aromatic rings. The quantitative estimate of drug-likeness (QED) is 0.763. The van der Waals surface area contributed by atoms with E-state index in [9.17, 15) is 0 Å². The Hall–Kier alpha value is -2.00. The number of fused-ring (bicyclic) bond motifs is 1. The highest BCUT2D eigenvalue weighted by atomic mass is 16.7. The van der Waals surface area contributed by atoms with Gasteiger partial charge in [0.2, 0.25) is 0 Å². The Balaban J connectivity index is 1.59. The lowest BCUT2D eigenvalue weighted by Crippen LogP contribution is -2.19. The van der Waals surface area contributed by atoms with Crippen molar-refractivity contribution in [1.29, 1.82) is 0 Å². The molecule has 0 bridgehead atoms. The molecule has 2 aromatic carbocycles. The van der Waals surface area contributed by atoms with E-state index in [1.165, 1.54) is 22.8 Å². The molecule has 1 atom stereocenters. The van der Waals surface area contributed by atoms with E-state index in [0.717, 1.165) is 31.6 Å². The van der Waals surface area contributed by atoms with Crippen molar-refractivity contribution >= 4 is 10.8 Å². The van der Waals surface area contributed by atoms with Crippen LogP contribution in [0.15, 0.2) is 48.7 Å². The second-order valence-electron chi connectivity index (χ2n) is 5.56. The van der Waals surface area contributed by atoms with Crippen molar-refractivity contribution in [3.63, 3.8) is 0 Å². The molecule has 1 unspecified atom stereocenters. The van der Waals surface area contributed by atoms with Gasteiger partial charge in [0.1, 0.15) is 5.75 Å². The lowest BCUT2D eigenvalue weighted by Gasteiger charge is -2.21.